The van der Waals surface area contributed by atoms with Crippen LogP contribution in [-0.2, 0) is 10.8 Å². The zero-order valence-electron chi connectivity index (χ0n) is 9.68. The van der Waals surface area contributed by atoms with Gasteiger partial charge in [-0.15, -0.1) is 0 Å². The normalized spacial score (nSPS) is 13.3. The van der Waals surface area contributed by atoms with Gasteiger partial charge in [-0.1, -0.05) is 34.6 Å². The first-order valence-corrected chi connectivity index (χ1v) is 4.91. The summed E-state index contributed by atoms with van der Waals surface area (Å²) < 4.78 is 0. The first-order chi connectivity index (χ1) is 6.27. The summed E-state index contributed by atoms with van der Waals surface area (Å²) in [5.41, 5.74) is 5.53. The maximum Gasteiger partial charge on any atom is 0.156 e. The van der Waals surface area contributed by atoms with Gasteiger partial charge >= 0.3 is 0 Å². The molecule has 4 heteroatoms. The zero-order valence-corrected chi connectivity index (χ0v) is 9.68. The van der Waals surface area contributed by atoms with Gasteiger partial charge in [0.05, 0.1) is 0 Å². The van der Waals surface area contributed by atoms with Crippen LogP contribution < -0.4 is 5.73 Å². The molecule has 0 spiro atoms. The average Bonchev–Trinajstić information content (AvgIpc) is 2.51. The number of aromatic nitrogens is 3. The number of rotatable bonds is 2. The van der Waals surface area contributed by atoms with Crippen LogP contribution in [0.2, 0.25) is 0 Å². The van der Waals surface area contributed by atoms with E-state index in [4.69, 9.17) is 5.73 Å². The number of nitrogens with zero attached hydrogens (tertiary/aromatic N) is 2. The molecule has 0 aliphatic rings. The van der Waals surface area contributed by atoms with Crippen LogP contribution >= 0.6 is 0 Å². The van der Waals surface area contributed by atoms with E-state index in [1.165, 1.54) is 0 Å². The summed E-state index contributed by atoms with van der Waals surface area (Å²) in [4.78, 5) is 4.48. The van der Waals surface area contributed by atoms with Crippen LogP contribution in [0.3, 0.4) is 0 Å². The van der Waals surface area contributed by atoms with Gasteiger partial charge in [-0.05, 0) is 0 Å². The molecule has 3 N–H and O–H groups in total. The Morgan fingerprint density at radius 2 is 1.79 bits per heavy atom. The van der Waals surface area contributed by atoms with Crippen molar-refractivity contribution in [3.63, 3.8) is 0 Å². The maximum atomic E-state index is 5.67. The van der Waals surface area contributed by atoms with Gasteiger partial charge in [-0.25, -0.2) is 4.98 Å². The van der Waals surface area contributed by atoms with Crippen molar-refractivity contribution in [1.82, 2.24) is 15.2 Å². The fourth-order valence-electron chi connectivity index (χ4n) is 0.997. The lowest BCUT2D eigenvalue weighted by Gasteiger charge is -2.18. The summed E-state index contributed by atoms with van der Waals surface area (Å²) in [5, 5.41) is 7.17. The van der Waals surface area contributed by atoms with Gasteiger partial charge in [-0.3, -0.25) is 5.10 Å². The highest BCUT2D eigenvalue weighted by Gasteiger charge is 2.26. The molecule has 0 saturated carbocycles. The van der Waals surface area contributed by atoms with E-state index < -0.39 is 0 Å². The summed E-state index contributed by atoms with van der Waals surface area (Å²) in [7, 11) is 0. The monoisotopic (exact) mass is 196 g/mol. The molecule has 14 heavy (non-hydrogen) atoms. The van der Waals surface area contributed by atoms with Crippen molar-refractivity contribution in [2.24, 2.45) is 5.73 Å². The molecule has 0 unspecified atom stereocenters. The number of hydrogen-bond acceptors (Lipinski definition) is 3. The van der Waals surface area contributed by atoms with Crippen molar-refractivity contribution in [2.45, 2.75) is 45.4 Å². The topological polar surface area (TPSA) is 67.6 Å². The Morgan fingerprint density at radius 3 is 2.14 bits per heavy atom. The SMILES string of the molecule is CC(C)(C)c1n[nH]c(C(C)(C)CN)n1. The molecular formula is C10H20N4. The lowest BCUT2D eigenvalue weighted by Crippen LogP contribution is -2.29. The van der Waals surface area contributed by atoms with E-state index in [9.17, 15) is 0 Å². The maximum absolute atomic E-state index is 5.67. The predicted molar refractivity (Wildman–Crippen MR) is 57.2 cm³/mol. The van der Waals surface area contributed by atoms with Gasteiger partial charge < -0.3 is 5.73 Å². The Kier molecular flexibility index (Phi) is 2.67. The Hall–Kier alpha value is -0.900. The minimum absolute atomic E-state index is 0.0145. The highest BCUT2D eigenvalue weighted by atomic mass is 15.2. The molecule has 80 valence electrons. The Bertz CT molecular complexity index is 306. The Morgan fingerprint density at radius 1 is 1.21 bits per heavy atom. The summed E-state index contributed by atoms with van der Waals surface area (Å²) in [5.74, 6) is 1.71. The van der Waals surface area contributed by atoms with E-state index in [0.29, 0.717) is 6.54 Å². The van der Waals surface area contributed by atoms with Crippen molar-refractivity contribution in [3.8, 4) is 0 Å². The van der Waals surface area contributed by atoms with Crippen LogP contribution in [0.15, 0.2) is 0 Å². The molecule has 0 bridgehead atoms. The minimum Gasteiger partial charge on any atom is -0.329 e. The highest BCUT2D eigenvalue weighted by Crippen LogP contribution is 2.22. The summed E-state index contributed by atoms with van der Waals surface area (Å²) >= 11 is 0. The molecule has 4 nitrogen and oxygen atoms in total. The minimum atomic E-state index is -0.128. The first kappa shape index (κ1) is 11.2. The summed E-state index contributed by atoms with van der Waals surface area (Å²) in [6, 6.07) is 0. The first-order valence-electron chi connectivity index (χ1n) is 4.91. The Balaban J connectivity index is 3.00. The average molecular weight is 196 g/mol. The molecule has 0 atom stereocenters. The van der Waals surface area contributed by atoms with Crippen molar-refractivity contribution in [3.05, 3.63) is 11.6 Å². The molecule has 1 aromatic heterocycles. The van der Waals surface area contributed by atoms with Crippen LogP contribution in [0.25, 0.3) is 0 Å². The third-order valence-corrected chi connectivity index (χ3v) is 2.31. The predicted octanol–water partition coefficient (Wildman–Crippen LogP) is 1.34. The summed E-state index contributed by atoms with van der Waals surface area (Å²) in [6.45, 7) is 11.0. The number of nitrogens with two attached hydrogens (primary N) is 1. The smallest absolute Gasteiger partial charge is 0.156 e. The molecule has 0 aliphatic carbocycles. The number of aromatic amines is 1. The van der Waals surface area contributed by atoms with Crippen LogP contribution in [0.4, 0.5) is 0 Å². The molecule has 1 rings (SSSR count). The molecule has 0 radical (unpaired) electrons. The number of hydrogen-bond donors (Lipinski definition) is 2. The standard InChI is InChI=1S/C10H20N4/c1-9(2,3)7-12-8(14-13-7)10(4,5)6-11/h6,11H2,1-5H3,(H,12,13,14). The quantitative estimate of drug-likeness (QED) is 0.750. The summed E-state index contributed by atoms with van der Waals surface area (Å²) in [6.07, 6.45) is 0. The third kappa shape index (κ3) is 2.12. The Labute approximate surface area is 85.3 Å². The third-order valence-electron chi connectivity index (χ3n) is 2.31. The van der Waals surface area contributed by atoms with Gasteiger partial charge in [-0.2, -0.15) is 5.10 Å². The molecule has 0 aromatic carbocycles. The van der Waals surface area contributed by atoms with Crippen LogP contribution in [-0.4, -0.2) is 21.7 Å². The van der Waals surface area contributed by atoms with Gasteiger partial charge in [0.1, 0.15) is 5.82 Å². The molecule has 0 aliphatic heterocycles. The molecule has 0 fully saturated rings. The van der Waals surface area contributed by atoms with Crippen LogP contribution in [0.5, 0.6) is 0 Å². The van der Waals surface area contributed by atoms with E-state index in [2.05, 4.69) is 49.8 Å². The van der Waals surface area contributed by atoms with E-state index in [1.807, 2.05) is 0 Å². The molecule has 0 amide bonds. The molecule has 1 aromatic rings. The molecule has 0 saturated heterocycles. The van der Waals surface area contributed by atoms with Crippen molar-refractivity contribution < 1.29 is 0 Å². The van der Waals surface area contributed by atoms with Gasteiger partial charge in [0.15, 0.2) is 5.82 Å². The highest BCUT2D eigenvalue weighted by molar-refractivity contribution is 5.09. The van der Waals surface area contributed by atoms with E-state index in [1.54, 1.807) is 0 Å². The van der Waals surface area contributed by atoms with E-state index >= 15 is 0 Å². The fourth-order valence-corrected chi connectivity index (χ4v) is 0.997. The lowest BCUT2D eigenvalue weighted by molar-refractivity contribution is 0.500. The van der Waals surface area contributed by atoms with Gasteiger partial charge in [0.2, 0.25) is 0 Å². The fraction of sp³-hybridized carbons (Fsp3) is 0.800. The zero-order chi connectivity index (χ0) is 11.0. The van der Waals surface area contributed by atoms with Crippen molar-refractivity contribution in [2.75, 3.05) is 6.54 Å². The van der Waals surface area contributed by atoms with Crippen molar-refractivity contribution >= 4 is 0 Å². The molecular weight excluding hydrogens is 176 g/mol. The van der Waals surface area contributed by atoms with E-state index in [-0.39, 0.29) is 10.8 Å². The van der Waals surface area contributed by atoms with Crippen LogP contribution in [0, 0.1) is 0 Å². The number of H-pyrrole nitrogens is 1. The second-order valence-corrected chi connectivity index (χ2v) is 5.35. The molecule has 1 heterocycles. The second kappa shape index (κ2) is 3.35. The van der Waals surface area contributed by atoms with Gasteiger partial charge in [0.25, 0.3) is 0 Å². The largest absolute Gasteiger partial charge is 0.329 e. The van der Waals surface area contributed by atoms with Crippen LogP contribution in [0.1, 0.15) is 46.3 Å². The number of nitrogens with one attached hydrogen (secondary N) is 1. The van der Waals surface area contributed by atoms with Gasteiger partial charge in [0, 0.05) is 17.4 Å². The second-order valence-electron chi connectivity index (χ2n) is 5.35. The van der Waals surface area contributed by atoms with Crippen molar-refractivity contribution in [1.29, 1.82) is 0 Å². The van der Waals surface area contributed by atoms with E-state index in [0.717, 1.165) is 11.6 Å². The lowest BCUT2D eigenvalue weighted by atomic mass is 9.92.